The molecule has 2 aromatic rings. The summed E-state index contributed by atoms with van der Waals surface area (Å²) in [6.07, 6.45) is 0.757. The molecule has 0 radical (unpaired) electrons. The smallest absolute Gasteiger partial charge is 0.272 e. The molecule has 1 aromatic carbocycles. The summed E-state index contributed by atoms with van der Waals surface area (Å²) < 4.78 is 15.6. The molecule has 0 bridgehead atoms. The van der Waals surface area contributed by atoms with E-state index in [1.807, 2.05) is 6.92 Å². The maximum absolute atomic E-state index is 14.0. The van der Waals surface area contributed by atoms with Crippen LogP contribution in [0.1, 0.15) is 19.2 Å². The second-order valence-electron chi connectivity index (χ2n) is 4.17. The molecule has 106 valence electrons. The van der Waals surface area contributed by atoms with Crippen LogP contribution in [0.5, 0.6) is 0 Å². The Morgan fingerprint density at radius 2 is 2.20 bits per heavy atom. The molecule has 0 saturated carbocycles. The Morgan fingerprint density at radius 1 is 1.45 bits per heavy atom. The number of benzene rings is 1. The van der Waals surface area contributed by atoms with Crippen molar-refractivity contribution in [3.05, 3.63) is 40.0 Å². The number of nitro benzene ring substituents is 1. The Hall–Kier alpha value is -2.35. The van der Waals surface area contributed by atoms with Crippen LogP contribution in [-0.2, 0) is 13.2 Å². The molecular weight excluding hydrogens is 267 g/mol. The highest BCUT2D eigenvalue weighted by atomic mass is 19.1. The van der Waals surface area contributed by atoms with E-state index >= 15 is 0 Å². The van der Waals surface area contributed by atoms with E-state index in [0.29, 0.717) is 12.4 Å². The summed E-state index contributed by atoms with van der Waals surface area (Å²) in [4.78, 5) is 9.93. The molecule has 0 spiro atoms. The van der Waals surface area contributed by atoms with Gasteiger partial charge in [-0.2, -0.15) is 0 Å². The molecule has 0 unspecified atom stereocenters. The third-order valence-corrected chi connectivity index (χ3v) is 2.82. The average Bonchev–Trinajstić information content (AvgIpc) is 2.82. The van der Waals surface area contributed by atoms with Crippen LogP contribution in [0.15, 0.2) is 18.2 Å². The second kappa shape index (κ2) is 5.74. The number of halogens is 1. The first-order valence-corrected chi connectivity index (χ1v) is 6.05. The normalized spacial score (nSPS) is 10.8. The first-order valence-electron chi connectivity index (χ1n) is 6.05. The van der Waals surface area contributed by atoms with Gasteiger partial charge in [0.15, 0.2) is 11.6 Å². The van der Waals surface area contributed by atoms with Crippen molar-refractivity contribution in [2.75, 3.05) is 0 Å². The lowest BCUT2D eigenvalue weighted by molar-refractivity contribution is -0.385. The summed E-state index contributed by atoms with van der Waals surface area (Å²) in [6, 6.07) is 3.35. The van der Waals surface area contributed by atoms with Crippen molar-refractivity contribution < 1.29 is 14.4 Å². The molecule has 0 aliphatic heterocycles. The van der Waals surface area contributed by atoms with Crippen LogP contribution in [0.4, 0.5) is 10.1 Å². The standard InChI is InChI=1S/C12H13FN4O3/c1-2-5-16-11(7-18)14-15-12(16)9-4-3-8(17(19)20)6-10(9)13/h3-4,6,18H,2,5,7H2,1H3. The lowest BCUT2D eigenvalue weighted by Gasteiger charge is -2.08. The van der Waals surface area contributed by atoms with Gasteiger partial charge in [-0.25, -0.2) is 4.39 Å². The van der Waals surface area contributed by atoms with Crippen molar-refractivity contribution >= 4 is 5.69 Å². The highest BCUT2D eigenvalue weighted by molar-refractivity contribution is 5.58. The van der Waals surface area contributed by atoms with Crippen LogP contribution in [0, 0.1) is 15.9 Å². The minimum atomic E-state index is -0.742. The van der Waals surface area contributed by atoms with E-state index in [-0.39, 0.29) is 23.7 Å². The molecule has 0 atom stereocenters. The number of non-ortho nitro benzene ring substituents is 1. The Kier molecular flexibility index (Phi) is 4.04. The van der Waals surface area contributed by atoms with Gasteiger partial charge < -0.3 is 9.67 Å². The predicted molar refractivity (Wildman–Crippen MR) is 68.3 cm³/mol. The quantitative estimate of drug-likeness (QED) is 0.666. The van der Waals surface area contributed by atoms with E-state index in [1.54, 1.807) is 4.57 Å². The number of aliphatic hydroxyl groups is 1. The first kappa shape index (κ1) is 14.1. The molecule has 7 nitrogen and oxygen atoms in total. The van der Waals surface area contributed by atoms with Crippen LogP contribution < -0.4 is 0 Å². The van der Waals surface area contributed by atoms with Crippen molar-refractivity contribution in [3.8, 4) is 11.4 Å². The molecule has 2 rings (SSSR count). The van der Waals surface area contributed by atoms with E-state index < -0.39 is 10.7 Å². The van der Waals surface area contributed by atoms with E-state index in [0.717, 1.165) is 12.5 Å². The molecule has 20 heavy (non-hydrogen) atoms. The summed E-state index contributed by atoms with van der Waals surface area (Å²) in [5, 5.41) is 27.4. The molecule has 0 aliphatic carbocycles. The van der Waals surface area contributed by atoms with E-state index in [2.05, 4.69) is 10.2 Å². The third-order valence-electron chi connectivity index (χ3n) is 2.82. The number of nitro groups is 1. The Labute approximate surface area is 113 Å². The maximum Gasteiger partial charge on any atom is 0.272 e. The van der Waals surface area contributed by atoms with Gasteiger partial charge in [0.25, 0.3) is 5.69 Å². The van der Waals surface area contributed by atoms with Gasteiger partial charge in [0.2, 0.25) is 0 Å². The molecule has 0 saturated heterocycles. The number of hydrogen-bond donors (Lipinski definition) is 1. The Balaban J connectivity index is 2.51. The van der Waals surface area contributed by atoms with Crippen molar-refractivity contribution in [3.63, 3.8) is 0 Å². The molecule has 0 fully saturated rings. The van der Waals surface area contributed by atoms with Crippen molar-refractivity contribution in [2.24, 2.45) is 0 Å². The molecule has 0 amide bonds. The van der Waals surface area contributed by atoms with Gasteiger partial charge in [-0.15, -0.1) is 10.2 Å². The van der Waals surface area contributed by atoms with Crippen molar-refractivity contribution in [1.82, 2.24) is 14.8 Å². The second-order valence-corrected chi connectivity index (χ2v) is 4.17. The molecule has 1 N–H and O–H groups in total. The van der Waals surface area contributed by atoms with Crippen LogP contribution >= 0.6 is 0 Å². The fraction of sp³-hybridized carbons (Fsp3) is 0.333. The number of nitrogens with zero attached hydrogens (tertiary/aromatic N) is 4. The zero-order valence-corrected chi connectivity index (χ0v) is 10.8. The van der Waals surface area contributed by atoms with E-state index in [1.165, 1.54) is 12.1 Å². The SMILES string of the molecule is CCCn1c(CO)nnc1-c1ccc([N+](=O)[O-])cc1F. The number of aromatic nitrogens is 3. The van der Waals surface area contributed by atoms with Gasteiger partial charge in [0.05, 0.1) is 16.6 Å². The van der Waals surface area contributed by atoms with Gasteiger partial charge in [-0.1, -0.05) is 6.92 Å². The zero-order chi connectivity index (χ0) is 14.7. The summed E-state index contributed by atoms with van der Waals surface area (Å²) >= 11 is 0. The molecule has 1 aromatic heterocycles. The van der Waals surface area contributed by atoms with Crippen LogP contribution in [0.2, 0.25) is 0 Å². The minimum Gasteiger partial charge on any atom is -0.388 e. The molecule has 1 heterocycles. The minimum absolute atomic E-state index is 0.122. The van der Waals surface area contributed by atoms with Gasteiger partial charge in [0, 0.05) is 12.6 Å². The van der Waals surface area contributed by atoms with Crippen molar-refractivity contribution in [2.45, 2.75) is 26.5 Å². The monoisotopic (exact) mass is 280 g/mol. The summed E-state index contributed by atoms with van der Waals surface area (Å²) in [7, 11) is 0. The maximum atomic E-state index is 14.0. The molecule has 8 heteroatoms. The lowest BCUT2D eigenvalue weighted by Crippen LogP contribution is -2.06. The fourth-order valence-electron chi connectivity index (χ4n) is 1.91. The number of aliphatic hydroxyl groups excluding tert-OH is 1. The lowest BCUT2D eigenvalue weighted by atomic mass is 10.1. The summed E-state index contributed by atoms with van der Waals surface area (Å²) in [5.41, 5.74) is -0.202. The highest BCUT2D eigenvalue weighted by Crippen LogP contribution is 2.25. The number of rotatable bonds is 5. The van der Waals surface area contributed by atoms with Gasteiger partial charge in [0.1, 0.15) is 12.4 Å². The van der Waals surface area contributed by atoms with Crippen LogP contribution in [0.3, 0.4) is 0 Å². The van der Waals surface area contributed by atoms with Crippen molar-refractivity contribution in [1.29, 1.82) is 0 Å². The zero-order valence-electron chi connectivity index (χ0n) is 10.8. The average molecular weight is 280 g/mol. The summed E-state index contributed by atoms with van der Waals surface area (Å²) in [5.74, 6) is -0.156. The van der Waals surface area contributed by atoms with Gasteiger partial charge in [-0.3, -0.25) is 10.1 Å². The fourth-order valence-corrected chi connectivity index (χ4v) is 1.91. The molecular formula is C12H13FN4O3. The van der Waals surface area contributed by atoms with E-state index in [4.69, 9.17) is 0 Å². The van der Waals surface area contributed by atoms with Crippen LogP contribution in [-0.4, -0.2) is 24.8 Å². The van der Waals surface area contributed by atoms with Gasteiger partial charge >= 0.3 is 0 Å². The first-order chi connectivity index (χ1) is 9.58. The van der Waals surface area contributed by atoms with Gasteiger partial charge in [-0.05, 0) is 12.5 Å². The highest BCUT2D eigenvalue weighted by Gasteiger charge is 2.18. The third kappa shape index (κ3) is 2.50. The molecule has 0 aliphatic rings. The topological polar surface area (TPSA) is 94.1 Å². The predicted octanol–water partition coefficient (Wildman–Crippen LogP) is 1.89. The number of hydrogen-bond acceptors (Lipinski definition) is 5. The van der Waals surface area contributed by atoms with E-state index in [9.17, 15) is 19.6 Å². The largest absolute Gasteiger partial charge is 0.388 e. The summed E-state index contributed by atoms with van der Waals surface area (Å²) in [6.45, 7) is 2.15. The Bertz CT molecular complexity index is 642. The Morgan fingerprint density at radius 3 is 2.75 bits per heavy atom. The van der Waals surface area contributed by atoms with Crippen LogP contribution in [0.25, 0.3) is 11.4 Å².